The van der Waals surface area contributed by atoms with Gasteiger partial charge in [-0.2, -0.15) is 0 Å². The van der Waals surface area contributed by atoms with Crippen molar-refractivity contribution < 1.29 is 0 Å². The van der Waals surface area contributed by atoms with E-state index < -0.39 is 0 Å². The quantitative estimate of drug-likeness (QED) is 0.357. The molecule has 2 aliphatic carbocycles. The number of hydrogen-bond donors (Lipinski definition) is 1. The molecule has 198 valence electrons. The molecule has 0 radical (unpaired) electrons. The van der Waals surface area contributed by atoms with Crippen LogP contribution in [0, 0.1) is 11.8 Å². The SMILES string of the molecule is C[C@H]1CCCN(Cc2cc3c(C4CC4)cn(-c4cccc(C(c5nncn5C)C5CCC5)c4)c(=O)c3[nH]2)C1. The van der Waals surface area contributed by atoms with E-state index in [9.17, 15) is 4.79 Å². The summed E-state index contributed by atoms with van der Waals surface area (Å²) >= 11 is 0. The zero-order valence-electron chi connectivity index (χ0n) is 22.6. The van der Waals surface area contributed by atoms with Crippen LogP contribution in [0.3, 0.4) is 0 Å². The first kappa shape index (κ1) is 23.9. The first-order chi connectivity index (χ1) is 18.5. The Balaban J connectivity index is 1.29. The van der Waals surface area contributed by atoms with Gasteiger partial charge in [-0.25, -0.2) is 0 Å². The minimum absolute atomic E-state index is 0.0404. The molecule has 4 aromatic rings. The molecule has 0 amide bonds. The van der Waals surface area contributed by atoms with Crippen molar-refractivity contribution in [2.24, 2.45) is 18.9 Å². The number of nitrogens with zero attached hydrogens (tertiary/aromatic N) is 5. The molecular formula is C31H38N6O. The standard InChI is InChI=1S/C31H38N6O/c1-20-6-5-13-36(16-20)17-24-15-26-27(21-11-12-21)18-37(31(38)29(26)33-24)25-10-4-9-23(14-25)28(22-7-3-8-22)30-34-32-19-35(30)2/h4,9-10,14-15,18-22,28,33H,3,5-8,11-13,16-17H2,1-2H3/t20-,28?/m0/s1. The summed E-state index contributed by atoms with van der Waals surface area (Å²) in [4.78, 5) is 20.0. The molecule has 3 aromatic heterocycles. The minimum atomic E-state index is 0.0404. The van der Waals surface area contributed by atoms with Crippen molar-refractivity contribution >= 4 is 10.9 Å². The van der Waals surface area contributed by atoms with Gasteiger partial charge in [-0.05, 0) is 92.1 Å². The van der Waals surface area contributed by atoms with E-state index >= 15 is 0 Å². The topological polar surface area (TPSA) is 71.7 Å². The number of rotatable bonds is 7. The number of pyridine rings is 1. The first-order valence-corrected chi connectivity index (χ1v) is 14.5. The van der Waals surface area contributed by atoms with Crippen LogP contribution in [0.1, 0.15) is 86.4 Å². The molecular weight excluding hydrogens is 472 g/mol. The summed E-state index contributed by atoms with van der Waals surface area (Å²) in [5.41, 5.74) is 5.41. The third-order valence-electron chi connectivity index (χ3n) is 9.19. The smallest absolute Gasteiger partial charge is 0.279 e. The van der Waals surface area contributed by atoms with Crippen LogP contribution in [-0.2, 0) is 13.6 Å². The summed E-state index contributed by atoms with van der Waals surface area (Å²) in [6, 6.07) is 10.8. The van der Waals surface area contributed by atoms with E-state index in [0.29, 0.717) is 11.8 Å². The minimum Gasteiger partial charge on any atom is -0.353 e. The average Bonchev–Trinajstić information content (AvgIpc) is 3.50. The summed E-state index contributed by atoms with van der Waals surface area (Å²) in [6.07, 6.45) is 12.6. The third-order valence-corrected chi connectivity index (χ3v) is 9.19. The van der Waals surface area contributed by atoms with E-state index in [1.807, 2.05) is 16.2 Å². The Bertz CT molecular complexity index is 1520. The Hall–Kier alpha value is -3.19. The zero-order valence-corrected chi connectivity index (χ0v) is 22.6. The molecule has 1 unspecified atom stereocenters. The largest absolute Gasteiger partial charge is 0.353 e. The number of aryl methyl sites for hydroxylation is 1. The number of hydrogen-bond acceptors (Lipinski definition) is 4. The fourth-order valence-corrected chi connectivity index (χ4v) is 6.81. The molecule has 1 saturated heterocycles. The summed E-state index contributed by atoms with van der Waals surface area (Å²) in [7, 11) is 2.03. The van der Waals surface area contributed by atoms with Gasteiger partial charge < -0.3 is 9.55 Å². The molecule has 2 atom stereocenters. The van der Waals surface area contributed by atoms with E-state index in [2.05, 4.69) is 63.5 Å². The predicted octanol–water partition coefficient (Wildman–Crippen LogP) is 5.49. The van der Waals surface area contributed by atoms with Gasteiger partial charge >= 0.3 is 0 Å². The number of H-pyrrole nitrogens is 1. The Morgan fingerprint density at radius 2 is 1.97 bits per heavy atom. The van der Waals surface area contributed by atoms with Crippen LogP contribution >= 0.6 is 0 Å². The maximum atomic E-state index is 13.9. The Morgan fingerprint density at radius 3 is 2.68 bits per heavy atom. The van der Waals surface area contributed by atoms with Crippen LogP contribution in [0.15, 0.2) is 47.7 Å². The first-order valence-electron chi connectivity index (χ1n) is 14.5. The lowest BCUT2D eigenvalue weighted by atomic mass is 9.72. The zero-order chi connectivity index (χ0) is 25.8. The molecule has 0 bridgehead atoms. The van der Waals surface area contributed by atoms with Gasteiger partial charge in [0.25, 0.3) is 5.56 Å². The average molecular weight is 511 g/mol. The number of aromatic amines is 1. The lowest BCUT2D eigenvalue weighted by molar-refractivity contribution is 0.175. The van der Waals surface area contributed by atoms with Gasteiger partial charge in [0.2, 0.25) is 0 Å². The van der Waals surface area contributed by atoms with Crippen molar-refractivity contribution in [1.82, 2.24) is 29.2 Å². The number of benzene rings is 1. The molecule has 2 saturated carbocycles. The third kappa shape index (κ3) is 4.31. The van der Waals surface area contributed by atoms with E-state index in [4.69, 9.17) is 0 Å². The fraction of sp³-hybridized carbons (Fsp3) is 0.516. The van der Waals surface area contributed by atoms with Crippen LogP contribution < -0.4 is 5.56 Å². The van der Waals surface area contributed by atoms with Crippen LogP contribution in [0.25, 0.3) is 16.6 Å². The Kier molecular flexibility index (Phi) is 5.99. The summed E-state index contributed by atoms with van der Waals surface area (Å²) in [5.74, 6) is 3.06. The summed E-state index contributed by atoms with van der Waals surface area (Å²) in [6.45, 7) is 5.50. The van der Waals surface area contributed by atoms with E-state index in [1.54, 1.807) is 6.33 Å². The van der Waals surface area contributed by atoms with E-state index in [1.165, 1.54) is 56.1 Å². The number of aromatic nitrogens is 5. The maximum Gasteiger partial charge on any atom is 0.279 e. The molecule has 4 heterocycles. The van der Waals surface area contributed by atoms with Gasteiger partial charge in [-0.1, -0.05) is 25.5 Å². The van der Waals surface area contributed by atoms with Crippen LogP contribution in [0.2, 0.25) is 0 Å². The highest BCUT2D eigenvalue weighted by Crippen LogP contribution is 2.44. The molecule has 1 aromatic carbocycles. The number of nitrogens with one attached hydrogen (secondary N) is 1. The van der Waals surface area contributed by atoms with Gasteiger partial charge in [-0.15, -0.1) is 10.2 Å². The van der Waals surface area contributed by atoms with Gasteiger partial charge in [0.05, 0.1) is 0 Å². The second-order valence-corrected chi connectivity index (χ2v) is 12.2. The van der Waals surface area contributed by atoms with Crippen LogP contribution in [-0.4, -0.2) is 42.3 Å². The molecule has 38 heavy (non-hydrogen) atoms. The lowest BCUT2D eigenvalue weighted by Gasteiger charge is -2.33. The highest BCUT2D eigenvalue weighted by atomic mass is 16.1. The fourth-order valence-electron chi connectivity index (χ4n) is 6.81. The molecule has 7 rings (SSSR count). The molecule has 1 N–H and O–H groups in total. The van der Waals surface area contributed by atoms with Crippen molar-refractivity contribution in [2.45, 2.75) is 70.3 Å². The maximum absolute atomic E-state index is 13.9. The molecule has 0 spiro atoms. The number of piperidine rings is 1. The molecule has 1 aliphatic heterocycles. The molecule has 3 aliphatic rings. The van der Waals surface area contributed by atoms with E-state index in [-0.39, 0.29) is 11.5 Å². The van der Waals surface area contributed by atoms with Crippen molar-refractivity contribution in [3.05, 3.63) is 75.9 Å². The van der Waals surface area contributed by atoms with Crippen LogP contribution in [0.5, 0.6) is 0 Å². The molecule has 7 nitrogen and oxygen atoms in total. The monoisotopic (exact) mass is 510 g/mol. The highest BCUT2D eigenvalue weighted by Gasteiger charge is 2.33. The second-order valence-electron chi connectivity index (χ2n) is 12.2. The molecule has 3 fully saturated rings. The summed E-state index contributed by atoms with van der Waals surface area (Å²) in [5, 5.41) is 9.79. The lowest BCUT2D eigenvalue weighted by Crippen LogP contribution is -2.33. The van der Waals surface area contributed by atoms with Gasteiger partial charge in [-0.3, -0.25) is 14.3 Å². The highest BCUT2D eigenvalue weighted by molar-refractivity contribution is 5.84. The number of likely N-dealkylation sites (tertiary alicyclic amines) is 1. The predicted molar refractivity (Wildman–Crippen MR) is 150 cm³/mol. The molecule has 7 heteroatoms. The van der Waals surface area contributed by atoms with Gasteiger partial charge in [0.15, 0.2) is 0 Å². The van der Waals surface area contributed by atoms with Crippen molar-refractivity contribution in [2.75, 3.05) is 13.1 Å². The normalized spacial score (nSPS) is 21.6. The van der Waals surface area contributed by atoms with E-state index in [0.717, 1.165) is 53.7 Å². The summed E-state index contributed by atoms with van der Waals surface area (Å²) < 4.78 is 3.93. The van der Waals surface area contributed by atoms with Crippen molar-refractivity contribution in [3.8, 4) is 5.69 Å². The van der Waals surface area contributed by atoms with Crippen molar-refractivity contribution in [3.63, 3.8) is 0 Å². The van der Waals surface area contributed by atoms with Crippen molar-refractivity contribution in [1.29, 1.82) is 0 Å². The van der Waals surface area contributed by atoms with Gasteiger partial charge in [0, 0.05) is 49.0 Å². The Morgan fingerprint density at radius 1 is 1.11 bits per heavy atom. The Labute approximate surface area is 223 Å². The second kappa shape index (κ2) is 9.53. The van der Waals surface area contributed by atoms with Crippen LogP contribution in [0.4, 0.5) is 0 Å². The number of fused-ring (bicyclic) bond motifs is 1. The van der Waals surface area contributed by atoms with Gasteiger partial charge in [0.1, 0.15) is 17.7 Å².